The number of imide groups is 1. The van der Waals surface area contributed by atoms with E-state index in [0.717, 1.165) is 30.2 Å². The molecule has 152 valence electrons. The Morgan fingerprint density at radius 1 is 1.03 bits per heavy atom. The van der Waals surface area contributed by atoms with Crippen LogP contribution in [0.25, 0.3) is 11.4 Å². The van der Waals surface area contributed by atoms with Gasteiger partial charge in [0.25, 0.3) is 11.8 Å². The summed E-state index contributed by atoms with van der Waals surface area (Å²) in [5.74, 6) is 0.965. The van der Waals surface area contributed by atoms with E-state index < -0.39 is 0 Å². The number of aromatic nitrogens is 2. The summed E-state index contributed by atoms with van der Waals surface area (Å²) in [6.07, 6.45) is 1.86. The van der Waals surface area contributed by atoms with Crippen molar-refractivity contribution in [3.05, 3.63) is 77.1 Å². The normalized spacial score (nSPS) is 18.1. The van der Waals surface area contributed by atoms with Gasteiger partial charge in [0, 0.05) is 18.7 Å². The molecule has 3 aromatic rings. The Morgan fingerprint density at radius 3 is 2.33 bits per heavy atom. The first-order chi connectivity index (χ1) is 14.5. The number of fused-ring (bicyclic) bond motifs is 2. The van der Waals surface area contributed by atoms with Crippen LogP contribution in [-0.2, 0) is 6.54 Å². The van der Waals surface area contributed by atoms with Gasteiger partial charge in [-0.1, -0.05) is 50.2 Å². The van der Waals surface area contributed by atoms with Gasteiger partial charge in [0.15, 0.2) is 0 Å². The van der Waals surface area contributed by atoms with E-state index in [-0.39, 0.29) is 17.9 Å². The Bertz CT molecular complexity index is 1100. The Kier molecular flexibility index (Phi) is 4.51. The molecule has 30 heavy (non-hydrogen) atoms. The Hall–Kier alpha value is -3.25. The van der Waals surface area contributed by atoms with E-state index in [4.69, 9.17) is 0 Å². The van der Waals surface area contributed by atoms with E-state index in [1.807, 2.05) is 6.20 Å². The van der Waals surface area contributed by atoms with Gasteiger partial charge in [-0.05, 0) is 23.6 Å². The maximum atomic E-state index is 12.8. The molecule has 0 aliphatic carbocycles. The van der Waals surface area contributed by atoms with E-state index in [9.17, 15) is 9.59 Å². The van der Waals surface area contributed by atoms with Crippen molar-refractivity contribution in [1.82, 2.24) is 19.8 Å². The minimum absolute atomic E-state index is 0.142. The van der Waals surface area contributed by atoms with Gasteiger partial charge in [0.1, 0.15) is 5.82 Å². The first kappa shape index (κ1) is 18.8. The smallest absolute Gasteiger partial charge is 0.261 e. The van der Waals surface area contributed by atoms with Crippen molar-refractivity contribution in [3.63, 3.8) is 0 Å². The van der Waals surface area contributed by atoms with Crippen LogP contribution < -0.4 is 5.32 Å². The lowest BCUT2D eigenvalue weighted by Gasteiger charge is -2.29. The molecule has 0 bridgehead atoms. The number of carbonyl (C=O) groups is 2. The van der Waals surface area contributed by atoms with Crippen molar-refractivity contribution < 1.29 is 9.59 Å². The lowest BCUT2D eigenvalue weighted by Crippen LogP contribution is -2.42. The molecule has 0 radical (unpaired) electrons. The molecule has 0 saturated heterocycles. The Morgan fingerprint density at radius 2 is 1.70 bits per heavy atom. The van der Waals surface area contributed by atoms with Crippen LogP contribution in [0.5, 0.6) is 0 Å². The highest BCUT2D eigenvalue weighted by Gasteiger charge is 2.37. The van der Waals surface area contributed by atoms with Crippen LogP contribution in [-0.4, -0.2) is 39.4 Å². The molecule has 0 fully saturated rings. The van der Waals surface area contributed by atoms with Gasteiger partial charge < -0.3 is 9.88 Å². The number of imidazole rings is 1. The van der Waals surface area contributed by atoms with Crippen LogP contribution in [0.15, 0.2) is 54.7 Å². The average molecular weight is 400 g/mol. The number of nitrogens with zero attached hydrogens (tertiary/aromatic N) is 3. The summed E-state index contributed by atoms with van der Waals surface area (Å²) < 4.78 is 2.20. The Balaban J connectivity index is 1.42. The molecule has 0 saturated carbocycles. The summed E-state index contributed by atoms with van der Waals surface area (Å²) in [7, 11) is 0. The van der Waals surface area contributed by atoms with Gasteiger partial charge >= 0.3 is 0 Å². The van der Waals surface area contributed by atoms with Gasteiger partial charge in [-0.25, -0.2) is 4.98 Å². The van der Waals surface area contributed by atoms with Crippen molar-refractivity contribution in [1.29, 1.82) is 0 Å². The van der Waals surface area contributed by atoms with Gasteiger partial charge in [-0.3, -0.25) is 14.5 Å². The van der Waals surface area contributed by atoms with Crippen molar-refractivity contribution in [3.8, 4) is 11.4 Å². The van der Waals surface area contributed by atoms with Gasteiger partial charge in [0.05, 0.1) is 35.6 Å². The summed E-state index contributed by atoms with van der Waals surface area (Å²) in [5, 5.41) is 3.45. The zero-order chi connectivity index (χ0) is 20.8. The number of carbonyl (C=O) groups excluding carboxylic acids is 2. The third-order valence-electron chi connectivity index (χ3n) is 6.05. The number of amides is 2. The minimum atomic E-state index is -0.224. The van der Waals surface area contributed by atoms with Crippen LogP contribution in [0.2, 0.25) is 0 Å². The van der Waals surface area contributed by atoms with E-state index in [2.05, 4.69) is 53.0 Å². The van der Waals surface area contributed by atoms with Gasteiger partial charge in [-0.15, -0.1) is 0 Å². The summed E-state index contributed by atoms with van der Waals surface area (Å²) in [6.45, 7) is 6.22. The number of hydrogen-bond donors (Lipinski definition) is 1. The summed E-state index contributed by atoms with van der Waals surface area (Å²) in [6, 6.07) is 15.4. The third kappa shape index (κ3) is 2.95. The molecule has 5 rings (SSSR count). The molecular formula is C24H24N4O2. The topological polar surface area (TPSA) is 67.2 Å². The summed E-state index contributed by atoms with van der Waals surface area (Å²) in [5.41, 5.74) is 4.35. The van der Waals surface area contributed by atoms with Crippen LogP contribution >= 0.6 is 0 Å². The number of rotatable bonds is 4. The number of hydrogen-bond acceptors (Lipinski definition) is 4. The largest absolute Gasteiger partial charge is 0.325 e. The second kappa shape index (κ2) is 7.22. The van der Waals surface area contributed by atoms with E-state index in [1.165, 1.54) is 10.5 Å². The lowest BCUT2D eigenvalue weighted by atomic mass is 10.0. The second-order valence-electron chi connectivity index (χ2n) is 8.21. The molecule has 6 nitrogen and oxygen atoms in total. The Labute approximate surface area is 175 Å². The predicted molar refractivity (Wildman–Crippen MR) is 114 cm³/mol. The standard InChI is InChI=1S/C24H24N4O2/c1-15(2)16-7-9-17(10-8-16)22-26-13-21-20(25-11-12-27(21)22)14-28-23(29)18-5-3-4-6-19(18)24(28)30/h3-10,13,15,20,25H,11-12,14H2,1-2H3/t20-/m1/s1. The van der Waals surface area contributed by atoms with E-state index >= 15 is 0 Å². The molecular weight excluding hydrogens is 376 g/mol. The predicted octanol–water partition coefficient (Wildman–Crippen LogP) is 3.61. The molecule has 2 aliphatic heterocycles. The third-order valence-corrected chi connectivity index (χ3v) is 6.05. The van der Waals surface area contributed by atoms with Crippen molar-refractivity contribution in [2.24, 2.45) is 0 Å². The van der Waals surface area contributed by atoms with Crippen LogP contribution in [0.3, 0.4) is 0 Å². The molecule has 1 aromatic heterocycles. The van der Waals surface area contributed by atoms with Crippen LogP contribution in [0.4, 0.5) is 0 Å². The van der Waals surface area contributed by atoms with Crippen molar-refractivity contribution in [2.45, 2.75) is 32.4 Å². The zero-order valence-electron chi connectivity index (χ0n) is 17.1. The maximum Gasteiger partial charge on any atom is 0.261 e. The number of nitrogens with one attached hydrogen (secondary N) is 1. The SMILES string of the molecule is CC(C)c1ccc(-c2ncc3n2CCN[C@@H]3CN2C(=O)c3ccccc3C2=O)cc1. The molecule has 2 amide bonds. The van der Waals surface area contributed by atoms with Crippen molar-refractivity contribution in [2.75, 3.05) is 13.1 Å². The fourth-order valence-electron chi connectivity index (χ4n) is 4.35. The summed E-state index contributed by atoms with van der Waals surface area (Å²) >= 11 is 0. The molecule has 1 atom stereocenters. The van der Waals surface area contributed by atoms with E-state index in [0.29, 0.717) is 23.6 Å². The first-order valence-electron chi connectivity index (χ1n) is 10.4. The van der Waals surface area contributed by atoms with Gasteiger partial charge in [0.2, 0.25) is 0 Å². The van der Waals surface area contributed by atoms with Gasteiger partial charge in [-0.2, -0.15) is 0 Å². The highest BCUT2D eigenvalue weighted by atomic mass is 16.2. The minimum Gasteiger partial charge on any atom is -0.325 e. The molecule has 1 N–H and O–H groups in total. The van der Waals surface area contributed by atoms with Crippen LogP contribution in [0.1, 0.15) is 57.8 Å². The number of benzene rings is 2. The molecule has 0 unspecified atom stereocenters. The second-order valence-corrected chi connectivity index (χ2v) is 8.21. The average Bonchev–Trinajstić information content (AvgIpc) is 3.30. The van der Waals surface area contributed by atoms with Crippen LogP contribution in [0, 0.1) is 0 Å². The lowest BCUT2D eigenvalue weighted by molar-refractivity contribution is 0.0634. The monoisotopic (exact) mass is 400 g/mol. The van der Waals surface area contributed by atoms with E-state index in [1.54, 1.807) is 24.3 Å². The molecule has 2 aromatic carbocycles. The fraction of sp³-hybridized carbons (Fsp3) is 0.292. The zero-order valence-corrected chi connectivity index (χ0v) is 17.1. The summed E-state index contributed by atoms with van der Waals surface area (Å²) in [4.78, 5) is 31.6. The molecule has 6 heteroatoms. The highest BCUT2D eigenvalue weighted by Crippen LogP contribution is 2.30. The van der Waals surface area contributed by atoms with Crippen molar-refractivity contribution >= 4 is 11.8 Å². The fourth-order valence-corrected chi connectivity index (χ4v) is 4.35. The highest BCUT2D eigenvalue weighted by molar-refractivity contribution is 6.21. The molecule has 2 aliphatic rings. The first-order valence-corrected chi connectivity index (χ1v) is 10.4. The molecule has 3 heterocycles. The molecule has 0 spiro atoms. The quantitative estimate of drug-likeness (QED) is 0.680. The maximum absolute atomic E-state index is 12.8.